The molecule has 9 nitrogen and oxygen atoms in total. The molecule has 1 N–H and O–H groups in total. The molecule has 2 bridgehead atoms. The van der Waals surface area contributed by atoms with Crippen LogP contribution in [0, 0.1) is 23.1 Å². The minimum Gasteiger partial charge on any atom is -0.444 e. The molecule has 1 aliphatic carbocycles. The van der Waals surface area contributed by atoms with E-state index in [1.54, 1.807) is 32.9 Å². The van der Waals surface area contributed by atoms with E-state index in [0.29, 0.717) is 11.1 Å². The maximum absolute atomic E-state index is 14.9. The van der Waals surface area contributed by atoms with E-state index < -0.39 is 35.5 Å². The first kappa shape index (κ1) is 25.4. The lowest BCUT2D eigenvalue weighted by Crippen LogP contribution is -2.55. The van der Waals surface area contributed by atoms with E-state index in [1.807, 2.05) is 6.07 Å². The minimum absolute atomic E-state index is 0.00815. The van der Waals surface area contributed by atoms with Crippen LogP contribution in [0.15, 0.2) is 30.6 Å². The molecule has 1 aromatic carbocycles. The molecule has 4 unspecified atom stereocenters. The van der Waals surface area contributed by atoms with Crippen LogP contribution in [0.5, 0.6) is 0 Å². The van der Waals surface area contributed by atoms with Gasteiger partial charge in [0.25, 0.3) is 0 Å². The summed E-state index contributed by atoms with van der Waals surface area (Å²) < 4.78 is 21.6. The molecule has 2 fully saturated rings. The first-order valence-corrected chi connectivity index (χ1v) is 12.0. The molecule has 36 heavy (non-hydrogen) atoms. The van der Waals surface area contributed by atoms with Gasteiger partial charge in [0, 0.05) is 31.1 Å². The highest BCUT2D eigenvalue weighted by Crippen LogP contribution is 2.43. The summed E-state index contributed by atoms with van der Waals surface area (Å²) in [4.78, 5) is 39.0. The Balaban J connectivity index is 1.45. The Morgan fingerprint density at radius 3 is 2.64 bits per heavy atom. The van der Waals surface area contributed by atoms with Gasteiger partial charge in [0.1, 0.15) is 23.5 Å². The Kier molecular flexibility index (Phi) is 6.85. The third-order valence-electron chi connectivity index (χ3n) is 6.65. The smallest absolute Gasteiger partial charge is 0.411 e. The van der Waals surface area contributed by atoms with E-state index in [0.717, 1.165) is 19.3 Å². The molecular weight excluding hydrogens is 465 g/mol. The fraction of sp³-hybridized carbons (Fsp3) is 0.500. The van der Waals surface area contributed by atoms with Crippen molar-refractivity contribution in [3.63, 3.8) is 0 Å². The molecule has 4 atom stereocenters. The lowest BCUT2D eigenvalue weighted by molar-refractivity contribution is -0.128. The third kappa shape index (κ3) is 5.25. The van der Waals surface area contributed by atoms with Gasteiger partial charge in [0.15, 0.2) is 0 Å². The summed E-state index contributed by atoms with van der Waals surface area (Å²) in [6.45, 7) is 6.69. The van der Waals surface area contributed by atoms with Crippen LogP contribution in [0.4, 0.5) is 9.18 Å². The zero-order valence-corrected chi connectivity index (χ0v) is 20.8. The van der Waals surface area contributed by atoms with Crippen molar-refractivity contribution >= 4 is 17.9 Å². The summed E-state index contributed by atoms with van der Waals surface area (Å²) in [7, 11) is 0. The second kappa shape index (κ2) is 9.72. The second-order valence-electron chi connectivity index (χ2n) is 10.5. The minimum atomic E-state index is -0.974. The highest BCUT2D eigenvalue weighted by atomic mass is 19.1. The molecular formula is C26H30FN5O4. The molecule has 2 amide bonds. The molecule has 2 heterocycles. The topological polar surface area (TPSA) is 117 Å². The number of nitrogens with one attached hydrogen (secondary N) is 1. The predicted molar refractivity (Wildman–Crippen MR) is 128 cm³/mol. The number of benzene rings is 1. The number of carbonyl (C=O) groups is 3. The Morgan fingerprint density at radius 2 is 2.03 bits per heavy atom. The number of piperidine rings is 1. The lowest BCUT2D eigenvalue weighted by atomic mass is 9.97. The fourth-order valence-corrected chi connectivity index (χ4v) is 5.05. The van der Waals surface area contributed by atoms with Gasteiger partial charge < -0.3 is 10.1 Å². The van der Waals surface area contributed by atoms with E-state index in [2.05, 4.69) is 10.4 Å². The number of amides is 2. The first-order chi connectivity index (χ1) is 17.0. The Morgan fingerprint density at radius 1 is 1.28 bits per heavy atom. The quantitative estimate of drug-likeness (QED) is 0.676. The molecule has 4 rings (SSSR count). The zero-order valence-electron chi connectivity index (χ0n) is 20.8. The van der Waals surface area contributed by atoms with Gasteiger partial charge in [-0.05, 0) is 63.1 Å². The van der Waals surface area contributed by atoms with E-state index in [9.17, 15) is 24.0 Å². The van der Waals surface area contributed by atoms with Gasteiger partial charge in [-0.3, -0.25) is 14.5 Å². The third-order valence-corrected chi connectivity index (χ3v) is 6.65. The highest BCUT2D eigenvalue weighted by Gasteiger charge is 2.52. The Hall–Kier alpha value is -3.74. The van der Waals surface area contributed by atoms with Crippen LogP contribution in [0.25, 0.3) is 11.1 Å². The molecule has 1 aliphatic heterocycles. The molecule has 10 heteroatoms. The summed E-state index contributed by atoms with van der Waals surface area (Å²) >= 11 is 0. The summed E-state index contributed by atoms with van der Waals surface area (Å²) in [5, 5.41) is 16.3. The summed E-state index contributed by atoms with van der Waals surface area (Å²) in [5.41, 5.74) is 0.695. The predicted octanol–water partition coefficient (Wildman–Crippen LogP) is 3.69. The summed E-state index contributed by atoms with van der Waals surface area (Å²) in [5.74, 6) is -1.21. The zero-order chi connectivity index (χ0) is 26.2. The van der Waals surface area contributed by atoms with Crippen LogP contribution >= 0.6 is 0 Å². The van der Waals surface area contributed by atoms with Crippen molar-refractivity contribution in [1.82, 2.24) is 20.0 Å². The SMILES string of the molecule is CC(=O)n1cc(-c2ccc(CC(C#N)NC(=O)C3C4CCC(C4)N3C(=O)OC(C)(C)C)c(F)c2)cn1. The van der Waals surface area contributed by atoms with Crippen molar-refractivity contribution in [2.75, 3.05) is 0 Å². The molecule has 0 spiro atoms. The van der Waals surface area contributed by atoms with E-state index in [4.69, 9.17) is 4.74 Å². The average Bonchev–Trinajstić information content (AvgIpc) is 3.54. The fourth-order valence-electron chi connectivity index (χ4n) is 5.05. The van der Waals surface area contributed by atoms with Crippen molar-refractivity contribution in [3.8, 4) is 17.2 Å². The number of carbonyl (C=O) groups excluding carboxylic acids is 3. The van der Waals surface area contributed by atoms with E-state index >= 15 is 0 Å². The summed E-state index contributed by atoms with van der Waals surface area (Å²) in [6, 6.07) is 4.84. The number of halogens is 1. The monoisotopic (exact) mass is 495 g/mol. The maximum atomic E-state index is 14.9. The van der Waals surface area contributed by atoms with Crippen molar-refractivity contribution in [3.05, 3.63) is 42.0 Å². The van der Waals surface area contributed by atoms with E-state index in [1.165, 1.54) is 35.0 Å². The van der Waals surface area contributed by atoms with Crippen LogP contribution in [-0.2, 0) is 16.0 Å². The molecule has 1 aromatic heterocycles. The van der Waals surface area contributed by atoms with Crippen LogP contribution in [0.3, 0.4) is 0 Å². The number of hydrogen-bond donors (Lipinski definition) is 1. The second-order valence-corrected chi connectivity index (χ2v) is 10.5. The Bertz CT molecular complexity index is 1230. The highest BCUT2D eigenvalue weighted by molar-refractivity contribution is 5.87. The van der Waals surface area contributed by atoms with Gasteiger partial charge in [0.2, 0.25) is 11.8 Å². The molecule has 190 valence electrons. The summed E-state index contributed by atoms with van der Waals surface area (Å²) in [6.07, 6.45) is 4.80. The number of aromatic nitrogens is 2. The number of ether oxygens (including phenoxy) is 1. The molecule has 1 saturated carbocycles. The van der Waals surface area contributed by atoms with Crippen molar-refractivity contribution < 1.29 is 23.5 Å². The van der Waals surface area contributed by atoms with Crippen molar-refractivity contribution in [2.24, 2.45) is 5.92 Å². The average molecular weight is 496 g/mol. The lowest BCUT2D eigenvalue weighted by Gasteiger charge is -2.35. The van der Waals surface area contributed by atoms with Crippen LogP contribution in [0.2, 0.25) is 0 Å². The first-order valence-electron chi connectivity index (χ1n) is 12.0. The van der Waals surface area contributed by atoms with Gasteiger partial charge >= 0.3 is 6.09 Å². The number of fused-ring (bicyclic) bond motifs is 2. The van der Waals surface area contributed by atoms with Gasteiger partial charge in [-0.2, -0.15) is 10.4 Å². The van der Waals surface area contributed by atoms with Crippen LogP contribution in [0.1, 0.15) is 57.3 Å². The molecule has 0 radical (unpaired) electrons. The van der Waals surface area contributed by atoms with Gasteiger partial charge in [-0.15, -0.1) is 0 Å². The molecule has 2 aliphatic rings. The van der Waals surface area contributed by atoms with E-state index in [-0.39, 0.29) is 29.9 Å². The van der Waals surface area contributed by atoms with Crippen LogP contribution < -0.4 is 5.32 Å². The normalized spacial score (nSPS) is 21.7. The van der Waals surface area contributed by atoms with Crippen LogP contribution in [-0.4, -0.2) is 56.3 Å². The standard InChI is InChI=1S/C26H30FN5O4/c1-15(33)31-14-19(13-29-31)16-5-6-17(22(27)11-16)9-20(12-28)30-24(34)23-18-7-8-21(10-18)32(23)25(35)36-26(2,3)4/h5-6,11,13-14,18,20-21,23H,7-10H2,1-4H3,(H,30,34). The van der Waals surface area contributed by atoms with Gasteiger partial charge in [0.05, 0.1) is 12.3 Å². The largest absolute Gasteiger partial charge is 0.444 e. The molecule has 1 saturated heterocycles. The number of nitriles is 1. The number of rotatable bonds is 5. The van der Waals surface area contributed by atoms with Crippen molar-refractivity contribution in [2.45, 2.75) is 77.1 Å². The van der Waals surface area contributed by atoms with Gasteiger partial charge in [-0.1, -0.05) is 12.1 Å². The van der Waals surface area contributed by atoms with Crippen molar-refractivity contribution in [1.29, 1.82) is 5.26 Å². The molecule has 2 aromatic rings. The number of nitrogens with zero attached hydrogens (tertiary/aromatic N) is 4. The van der Waals surface area contributed by atoms with Gasteiger partial charge in [-0.25, -0.2) is 13.9 Å². The number of likely N-dealkylation sites (tertiary alicyclic amines) is 1. The Labute approximate surface area is 209 Å². The number of hydrogen-bond acceptors (Lipinski definition) is 6. The maximum Gasteiger partial charge on any atom is 0.411 e.